The van der Waals surface area contributed by atoms with Crippen LogP contribution in [0.1, 0.15) is 30.9 Å². The van der Waals surface area contributed by atoms with Gasteiger partial charge in [0.25, 0.3) is 0 Å². The van der Waals surface area contributed by atoms with Gasteiger partial charge in [-0.15, -0.1) is 0 Å². The van der Waals surface area contributed by atoms with Gasteiger partial charge in [0.2, 0.25) is 0 Å². The highest BCUT2D eigenvalue weighted by atomic mass is 79.9. The van der Waals surface area contributed by atoms with E-state index in [2.05, 4.69) is 31.9 Å². The first-order valence-electron chi connectivity index (χ1n) is 5.87. The fourth-order valence-corrected chi connectivity index (χ4v) is 2.80. The van der Waals surface area contributed by atoms with Gasteiger partial charge in [0.05, 0.1) is 6.10 Å². The molecule has 0 aromatic heterocycles. The number of rotatable bonds is 3. The van der Waals surface area contributed by atoms with Crippen LogP contribution < -0.4 is 0 Å². The maximum absolute atomic E-state index is 10.2. The summed E-state index contributed by atoms with van der Waals surface area (Å²) in [5, 5.41) is 10.2. The normalized spacial score (nSPS) is 19.2. The van der Waals surface area contributed by atoms with Gasteiger partial charge in [0.15, 0.2) is 0 Å². The van der Waals surface area contributed by atoms with Gasteiger partial charge in [0.1, 0.15) is 0 Å². The molecule has 0 saturated carbocycles. The van der Waals surface area contributed by atoms with E-state index in [0.717, 1.165) is 47.0 Å². The van der Waals surface area contributed by atoms with Crippen LogP contribution in [-0.2, 0) is 4.74 Å². The van der Waals surface area contributed by atoms with Crippen molar-refractivity contribution in [3.63, 3.8) is 0 Å². The summed E-state index contributed by atoms with van der Waals surface area (Å²) in [6.45, 7) is 1.67. The quantitative estimate of drug-likeness (QED) is 0.877. The van der Waals surface area contributed by atoms with E-state index < -0.39 is 0 Å². The van der Waals surface area contributed by atoms with Gasteiger partial charge in [-0.2, -0.15) is 0 Å². The zero-order valence-electron chi connectivity index (χ0n) is 9.53. The lowest BCUT2D eigenvalue weighted by Crippen LogP contribution is -2.18. The zero-order valence-corrected chi connectivity index (χ0v) is 12.7. The molecule has 0 spiro atoms. The number of ether oxygens (including phenoxy) is 1. The molecule has 1 heterocycles. The van der Waals surface area contributed by atoms with Gasteiger partial charge in [-0.3, -0.25) is 0 Å². The summed E-state index contributed by atoms with van der Waals surface area (Å²) < 4.78 is 7.33. The van der Waals surface area contributed by atoms with Gasteiger partial charge in [-0.1, -0.05) is 6.07 Å². The maximum Gasteiger partial charge on any atom is 0.0793 e. The third-order valence-corrected chi connectivity index (χ3v) is 5.11. The smallest absolute Gasteiger partial charge is 0.0793 e. The summed E-state index contributed by atoms with van der Waals surface area (Å²) in [7, 11) is 0. The minimum Gasteiger partial charge on any atom is -0.388 e. The molecule has 1 N–H and O–H groups in total. The maximum atomic E-state index is 10.2. The molecule has 4 heteroatoms. The molecular formula is C13H16Br2O2. The second kappa shape index (κ2) is 6.32. The molecule has 1 aliphatic heterocycles. The van der Waals surface area contributed by atoms with Crippen molar-refractivity contribution in [1.29, 1.82) is 0 Å². The standard InChI is InChI=1S/C13H16Br2O2/c14-11-2-1-10(8-12(11)15)13(16)7-9-3-5-17-6-4-9/h1-2,8-9,13,16H,3-7H2. The van der Waals surface area contributed by atoms with Crippen molar-refractivity contribution in [2.75, 3.05) is 13.2 Å². The molecule has 0 radical (unpaired) electrons. The summed E-state index contributed by atoms with van der Waals surface area (Å²) >= 11 is 6.89. The lowest BCUT2D eigenvalue weighted by Gasteiger charge is -2.24. The Hall–Kier alpha value is 0.1000. The van der Waals surface area contributed by atoms with Gasteiger partial charge < -0.3 is 9.84 Å². The molecule has 2 nitrogen and oxygen atoms in total. The van der Waals surface area contributed by atoms with Gasteiger partial charge in [-0.25, -0.2) is 0 Å². The Kier molecular flexibility index (Phi) is 5.03. The van der Waals surface area contributed by atoms with Crippen molar-refractivity contribution in [2.45, 2.75) is 25.4 Å². The molecule has 0 amide bonds. The number of hydrogen-bond donors (Lipinski definition) is 1. The summed E-state index contributed by atoms with van der Waals surface area (Å²) in [5.41, 5.74) is 0.978. The average Bonchev–Trinajstić information content (AvgIpc) is 2.34. The van der Waals surface area contributed by atoms with E-state index in [1.165, 1.54) is 0 Å². The molecule has 1 atom stereocenters. The Balaban J connectivity index is 1.98. The predicted molar refractivity (Wildman–Crippen MR) is 75.0 cm³/mol. The van der Waals surface area contributed by atoms with Crippen molar-refractivity contribution in [1.82, 2.24) is 0 Å². The van der Waals surface area contributed by atoms with Crippen molar-refractivity contribution in [2.24, 2.45) is 5.92 Å². The van der Waals surface area contributed by atoms with Crippen LogP contribution in [-0.4, -0.2) is 18.3 Å². The Bertz CT molecular complexity index is 376. The van der Waals surface area contributed by atoms with Crippen LogP contribution in [0, 0.1) is 5.92 Å². The van der Waals surface area contributed by atoms with Crippen LogP contribution in [0.25, 0.3) is 0 Å². The van der Waals surface area contributed by atoms with E-state index in [9.17, 15) is 5.11 Å². The Labute approximate surface area is 119 Å². The Morgan fingerprint density at radius 1 is 1.24 bits per heavy atom. The lowest BCUT2D eigenvalue weighted by molar-refractivity contribution is 0.0435. The van der Waals surface area contributed by atoms with Crippen molar-refractivity contribution in [3.05, 3.63) is 32.7 Å². The zero-order chi connectivity index (χ0) is 12.3. The average molecular weight is 364 g/mol. The van der Waals surface area contributed by atoms with Gasteiger partial charge in [0, 0.05) is 22.2 Å². The largest absolute Gasteiger partial charge is 0.388 e. The lowest BCUT2D eigenvalue weighted by atomic mass is 9.91. The molecule has 1 unspecified atom stereocenters. The number of halogens is 2. The monoisotopic (exact) mass is 362 g/mol. The summed E-state index contributed by atoms with van der Waals surface area (Å²) in [4.78, 5) is 0. The van der Waals surface area contributed by atoms with E-state index >= 15 is 0 Å². The third kappa shape index (κ3) is 3.78. The van der Waals surface area contributed by atoms with Crippen LogP contribution in [0.15, 0.2) is 27.1 Å². The van der Waals surface area contributed by atoms with Crippen LogP contribution in [0.3, 0.4) is 0 Å². The number of benzene rings is 1. The van der Waals surface area contributed by atoms with Crippen molar-refractivity contribution < 1.29 is 9.84 Å². The number of aliphatic hydroxyl groups is 1. The van der Waals surface area contributed by atoms with E-state index in [1.807, 2.05) is 18.2 Å². The summed E-state index contributed by atoms with van der Waals surface area (Å²) in [6.07, 6.45) is 2.59. The highest BCUT2D eigenvalue weighted by Crippen LogP contribution is 2.31. The molecule has 0 aliphatic carbocycles. The second-order valence-electron chi connectivity index (χ2n) is 4.48. The topological polar surface area (TPSA) is 29.5 Å². The second-order valence-corrected chi connectivity index (χ2v) is 6.19. The molecule has 94 valence electrons. The minimum absolute atomic E-state index is 0.373. The minimum atomic E-state index is -0.373. The van der Waals surface area contributed by atoms with Gasteiger partial charge >= 0.3 is 0 Å². The number of aliphatic hydroxyl groups excluding tert-OH is 1. The van der Waals surface area contributed by atoms with Crippen LogP contribution in [0.5, 0.6) is 0 Å². The van der Waals surface area contributed by atoms with Crippen LogP contribution >= 0.6 is 31.9 Å². The molecule has 1 saturated heterocycles. The van der Waals surface area contributed by atoms with E-state index in [4.69, 9.17) is 4.74 Å². The summed E-state index contributed by atoms with van der Waals surface area (Å²) in [5.74, 6) is 0.584. The van der Waals surface area contributed by atoms with Crippen LogP contribution in [0.2, 0.25) is 0 Å². The van der Waals surface area contributed by atoms with Crippen molar-refractivity contribution in [3.8, 4) is 0 Å². The molecule has 0 bridgehead atoms. The SMILES string of the molecule is OC(CC1CCOCC1)c1ccc(Br)c(Br)c1. The fraction of sp³-hybridized carbons (Fsp3) is 0.538. The molecule has 1 aromatic carbocycles. The molecular weight excluding hydrogens is 348 g/mol. The summed E-state index contributed by atoms with van der Waals surface area (Å²) in [6, 6.07) is 5.92. The van der Waals surface area contributed by atoms with E-state index in [1.54, 1.807) is 0 Å². The Morgan fingerprint density at radius 3 is 2.59 bits per heavy atom. The Morgan fingerprint density at radius 2 is 1.94 bits per heavy atom. The molecule has 17 heavy (non-hydrogen) atoms. The molecule has 1 aliphatic rings. The number of hydrogen-bond acceptors (Lipinski definition) is 2. The van der Waals surface area contributed by atoms with Crippen molar-refractivity contribution >= 4 is 31.9 Å². The predicted octanol–water partition coefficient (Wildman–Crippen LogP) is 4.06. The third-order valence-electron chi connectivity index (χ3n) is 3.23. The highest BCUT2D eigenvalue weighted by molar-refractivity contribution is 9.13. The fourth-order valence-electron chi connectivity index (χ4n) is 2.15. The molecule has 1 aromatic rings. The highest BCUT2D eigenvalue weighted by Gasteiger charge is 2.19. The van der Waals surface area contributed by atoms with Gasteiger partial charge in [-0.05, 0) is 74.7 Å². The van der Waals surface area contributed by atoms with Crippen LogP contribution in [0.4, 0.5) is 0 Å². The first kappa shape index (κ1) is 13.5. The molecule has 1 fully saturated rings. The van der Waals surface area contributed by atoms with E-state index in [0.29, 0.717) is 5.92 Å². The first-order valence-corrected chi connectivity index (χ1v) is 7.46. The molecule has 2 rings (SSSR count). The van der Waals surface area contributed by atoms with E-state index in [-0.39, 0.29) is 6.10 Å². The first-order chi connectivity index (χ1) is 8.16.